The minimum atomic E-state index is 0. The van der Waals surface area contributed by atoms with Gasteiger partial charge in [-0.05, 0) is 72.5 Å². The van der Waals surface area contributed by atoms with Crippen LogP contribution in [-0.2, 0) is 33.9 Å². The first kappa shape index (κ1) is 34.2. The van der Waals surface area contributed by atoms with E-state index in [4.69, 9.17) is 14.6 Å². The Hall–Kier alpha value is -4.67. The number of fused-ring (bicyclic) bond motifs is 3. The summed E-state index contributed by atoms with van der Waals surface area (Å²) in [4.78, 5) is 4.66. The molecule has 6 nitrogen and oxygen atoms in total. The van der Waals surface area contributed by atoms with Crippen LogP contribution >= 0.6 is 0 Å². The van der Waals surface area contributed by atoms with Gasteiger partial charge in [-0.3, -0.25) is 4.68 Å². The first-order valence-electron chi connectivity index (χ1n) is 16.9. The maximum atomic E-state index is 6.40. The van der Waals surface area contributed by atoms with Gasteiger partial charge in [0.05, 0.1) is 13.3 Å². The standard InChI is InChI=1S/C42H40N4O2.Pt/c1-5-7-12-30-22-29(3)23-31(13-8-6-2)42(30)32-27-44-45(28-32)33-14-11-15-35(24-33)48-36-18-19-38-37-16-9-10-17-39(37)46(40(38)25-36)41-26-34(47-4)20-21-43-41;/h9-11,14-23,26-28H,5-8,12-13H2,1-4H3;/q-2;+2. The molecule has 7 heteroatoms. The van der Waals surface area contributed by atoms with E-state index in [9.17, 15) is 0 Å². The summed E-state index contributed by atoms with van der Waals surface area (Å²) in [5.74, 6) is 2.67. The van der Waals surface area contributed by atoms with Crippen LogP contribution in [0.1, 0.15) is 56.2 Å². The van der Waals surface area contributed by atoms with Crippen LogP contribution in [0.3, 0.4) is 0 Å². The molecule has 4 aromatic carbocycles. The smallest absolute Gasteiger partial charge is 0.509 e. The zero-order chi connectivity index (χ0) is 33.0. The SMILES string of the molecule is CCCCc1cc(C)cc(CCCC)c1-c1cnn(-c2[c-]c(Oc3[c-]c4c(cc3)c3ccccc3n4-c3cc(OC)ccn3)ccc2)c1.[Pt+2]. The molecular weight excluding hydrogens is 788 g/mol. The second-order valence-electron chi connectivity index (χ2n) is 12.3. The molecule has 0 atom stereocenters. The third-order valence-electron chi connectivity index (χ3n) is 8.87. The minimum absolute atomic E-state index is 0. The average Bonchev–Trinajstić information content (AvgIpc) is 3.73. The van der Waals surface area contributed by atoms with E-state index in [2.05, 4.69) is 79.0 Å². The quantitative estimate of drug-likeness (QED) is 0.115. The monoisotopic (exact) mass is 827 g/mol. The maximum Gasteiger partial charge on any atom is 2.00 e. The number of rotatable bonds is 12. The van der Waals surface area contributed by atoms with Crippen LogP contribution in [0.15, 0.2) is 97.5 Å². The molecule has 0 aliphatic heterocycles. The van der Waals surface area contributed by atoms with E-state index in [0.717, 1.165) is 57.5 Å². The van der Waals surface area contributed by atoms with Crippen molar-refractivity contribution in [2.45, 2.75) is 59.3 Å². The topological polar surface area (TPSA) is 54.1 Å². The van der Waals surface area contributed by atoms with E-state index in [0.29, 0.717) is 11.5 Å². The number of aromatic nitrogens is 4. The fraction of sp³-hybridized carbons (Fsp3) is 0.238. The number of methoxy groups -OCH3 is 1. The van der Waals surface area contributed by atoms with Gasteiger partial charge in [0, 0.05) is 41.0 Å². The van der Waals surface area contributed by atoms with Crippen molar-refractivity contribution in [2.75, 3.05) is 7.11 Å². The Morgan fingerprint density at radius 2 is 1.55 bits per heavy atom. The zero-order valence-electron chi connectivity index (χ0n) is 28.4. The van der Waals surface area contributed by atoms with Gasteiger partial charge in [-0.2, -0.15) is 17.2 Å². The molecular formula is C42H40N4O2Pt. The van der Waals surface area contributed by atoms with Crippen LogP contribution in [0, 0.1) is 19.1 Å². The summed E-state index contributed by atoms with van der Waals surface area (Å²) in [6.07, 6.45) is 12.7. The summed E-state index contributed by atoms with van der Waals surface area (Å²) in [6.45, 7) is 6.72. The molecule has 0 saturated heterocycles. The Bertz CT molecular complexity index is 2190. The fourth-order valence-electron chi connectivity index (χ4n) is 6.59. The van der Waals surface area contributed by atoms with Crippen LogP contribution in [0.5, 0.6) is 17.2 Å². The van der Waals surface area contributed by atoms with E-state index in [-0.39, 0.29) is 21.1 Å². The van der Waals surface area contributed by atoms with E-state index >= 15 is 0 Å². The number of ether oxygens (including phenoxy) is 2. The molecule has 0 radical (unpaired) electrons. The molecule has 3 heterocycles. The summed E-state index contributed by atoms with van der Waals surface area (Å²) < 4.78 is 15.9. The molecule has 7 rings (SSSR count). The molecule has 0 fully saturated rings. The van der Waals surface area contributed by atoms with Crippen molar-refractivity contribution in [2.24, 2.45) is 0 Å². The number of benzene rings is 4. The van der Waals surface area contributed by atoms with Gasteiger partial charge in [-0.25, -0.2) is 4.98 Å². The van der Waals surface area contributed by atoms with Gasteiger partial charge in [0.15, 0.2) is 0 Å². The zero-order valence-corrected chi connectivity index (χ0v) is 30.7. The molecule has 0 unspecified atom stereocenters. The van der Waals surface area contributed by atoms with Gasteiger partial charge in [0.2, 0.25) is 0 Å². The van der Waals surface area contributed by atoms with Crippen molar-refractivity contribution in [1.29, 1.82) is 0 Å². The van der Waals surface area contributed by atoms with E-state index in [1.54, 1.807) is 13.3 Å². The van der Waals surface area contributed by atoms with Gasteiger partial charge in [0.1, 0.15) is 11.6 Å². The van der Waals surface area contributed by atoms with Crippen molar-refractivity contribution in [3.05, 3.63) is 126 Å². The van der Waals surface area contributed by atoms with Crippen molar-refractivity contribution in [3.63, 3.8) is 0 Å². The summed E-state index contributed by atoms with van der Waals surface area (Å²) >= 11 is 0. The number of hydrogen-bond donors (Lipinski definition) is 0. The molecule has 0 amide bonds. The molecule has 3 aromatic heterocycles. The van der Waals surface area contributed by atoms with Crippen molar-refractivity contribution < 1.29 is 30.5 Å². The Morgan fingerprint density at radius 1 is 0.796 bits per heavy atom. The Morgan fingerprint density at radius 3 is 2.31 bits per heavy atom. The van der Waals surface area contributed by atoms with E-state index in [1.165, 1.54) is 47.9 Å². The average molecular weight is 828 g/mol. The third-order valence-corrected chi connectivity index (χ3v) is 8.87. The first-order valence-corrected chi connectivity index (χ1v) is 16.9. The molecule has 49 heavy (non-hydrogen) atoms. The molecule has 250 valence electrons. The minimum Gasteiger partial charge on any atom is -0.509 e. The second kappa shape index (κ2) is 15.3. The van der Waals surface area contributed by atoms with Crippen molar-refractivity contribution in [3.8, 4) is 39.9 Å². The van der Waals surface area contributed by atoms with Crippen LogP contribution < -0.4 is 9.47 Å². The number of unbranched alkanes of at least 4 members (excludes halogenated alkanes) is 2. The predicted octanol–water partition coefficient (Wildman–Crippen LogP) is 10.4. The van der Waals surface area contributed by atoms with Gasteiger partial charge in [0.25, 0.3) is 0 Å². The number of pyridine rings is 1. The van der Waals surface area contributed by atoms with Crippen molar-refractivity contribution in [1.82, 2.24) is 19.3 Å². The van der Waals surface area contributed by atoms with E-state index < -0.39 is 0 Å². The number of para-hydroxylation sites is 1. The Balaban J connectivity index is 0.00000417. The van der Waals surface area contributed by atoms with Crippen LogP contribution in [0.25, 0.3) is 44.4 Å². The normalized spacial score (nSPS) is 11.2. The summed E-state index contributed by atoms with van der Waals surface area (Å²) in [5, 5.41) is 6.99. The number of nitrogens with zero attached hydrogens (tertiary/aromatic N) is 4. The van der Waals surface area contributed by atoms with Gasteiger partial charge in [-0.1, -0.05) is 68.1 Å². The predicted molar refractivity (Wildman–Crippen MR) is 194 cm³/mol. The Labute approximate surface area is 303 Å². The number of aryl methyl sites for hydroxylation is 3. The summed E-state index contributed by atoms with van der Waals surface area (Å²) in [6, 6.07) is 33.7. The van der Waals surface area contributed by atoms with Crippen LogP contribution in [0.2, 0.25) is 0 Å². The third kappa shape index (κ3) is 7.07. The van der Waals surface area contributed by atoms with Gasteiger partial charge < -0.3 is 14.0 Å². The van der Waals surface area contributed by atoms with Gasteiger partial charge in [-0.15, -0.1) is 35.7 Å². The molecule has 7 aromatic rings. The molecule has 0 saturated carbocycles. The van der Waals surface area contributed by atoms with Gasteiger partial charge >= 0.3 is 21.1 Å². The second-order valence-corrected chi connectivity index (χ2v) is 12.3. The summed E-state index contributed by atoms with van der Waals surface area (Å²) in [5.41, 5.74) is 9.36. The molecule has 0 bridgehead atoms. The maximum absolute atomic E-state index is 6.40. The van der Waals surface area contributed by atoms with E-state index in [1.807, 2.05) is 59.4 Å². The fourth-order valence-corrected chi connectivity index (χ4v) is 6.59. The van der Waals surface area contributed by atoms with Crippen molar-refractivity contribution >= 4 is 21.8 Å². The largest absolute Gasteiger partial charge is 2.00 e. The molecule has 0 spiro atoms. The molecule has 0 N–H and O–H groups in total. The first-order chi connectivity index (χ1) is 23.6. The van der Waals surface area contributed by atoms with Crippen LogP contribution in [-0.4, -0.2) is 26.4 Å². The molecule has 0 aliphatic carbocycles. The van der Waals surface area contributed by atoms with Crippen LogP contribution in [0.4, 0.5) is 0 Å². The number of hydrogen-bond acceptors (Lipinski definition) is 4. The Kier molecular flexibility index (Phi) is 10.6. The summed E-state index contributed by atoms with van der Waals surface area (Å²) in [7, 11) is 1.66. The molecule has 0 aliphatic rings.